The molecule has 238 valence electrons. The minimum Gasteiger partial charge on any atom is -0.426 e. The minimum atomic E-state index is -5.81. The van der Waals surface area contributed by atoms with Gasteiger partial charge in [0, 0.05) is 63.6 Å². The van der Waals surface area contributed by atoms with E-state index in [1.807, 2.05) is 9.80 Å². The first-order valence-corrected chi connectivity index (χ1v) is 13.6. The largest absolute Gasteiger partial charge is 0.434 e. The van der Waals surface area contributed by atoms with Crippen LogP contribution in [0.1, 0.15) is 36.8 Å². The van der Waals surface area contributed by atoms with Gasteiger partial charge in [0.1, 0.15) is 6.67 Å². The summed E-state index contributed by atoms with van der Waals surface area (Å²) >= 11 is 0. The molecule has 0 aromatic heterocycles. The monoisotopic (exact) mass is 622 g/mol. The van der Waals surface area contributed by atoms with Gasteiger partial charge in [0.25, 0.3) is 6.10 Å². The number of hydrogen-bond acceptors (Lipinski definition) is 5. The van der Waals surface area contributed by atoms with Gasteiger partial charge in [-0.25, -0.2) is 9.18 Å². The van der Waals surface area contributed by atoms with Crippen molar-refractivity contribution in [3.05, 3.63) is 29.3 Å². The molecule has 0 saturated carbocycles. The fourth-order valence-corrected chi connectivity index (χ4v) is 6.11. The van der Waals surface area contributed by atoms with Crippen molar-refractivity contribution < 1.29 is 53.4 Å². The lowest BCUT2D eigenvalue weighted by Gasteiger charge is -2.45. The maximum Gasteiger partial charge on any atom is 0.434 e. The smallest absolute Gasteiger partial charge is 0.426 e. The van der Waals surface area contributed by atoms with Crippen molar-refractivity contribution in [3.8, 4) is 0 Å². The predicted molar refractivity (Wildman–Crippen MR) is 132 cm³/mol. The molecule has 3 heterocycles. The standard InChI is InChI=1S/C26H32F10N4O2/c27-7-11-37-12-14-38(15-13-37)20-16-19(24(28,29)30)3-2-18(20)17-40-8-1-4-23(40)5-9-39(10-6-23)22(41)42-21(25(31,32)33)26(34,35)36/h2-3,16,21H,1,4-15,17H2. The second-order valence-corrected chi connectivity index (χ2v) is 10.9. The van der Waals surface area contributed by atoms with Crippen LogP contribution in [0.15, 0.2) is 18.2 Å². The number of nitrogens with zero attached hydrogens (tertiary/aromatic N) is 4. The Morgan fingerprint density at radius 1 is 0.857 bits per heavy atom. The SMILES string of the molecule is O=C(OC(C(F)(F)F)C(F)(F)F)N1CCC2(CCCN2Cc2ccc(C(F)(F)F)cc2N2CCN(CCF)CC2)CC1. The van der Waals surface area contributed by atoms with Gasteiger partial charge in [-0.05, 0) is 49.9 Å². The van der Waals surface area contributed by atoms with Gasteiger partial charge >= 0.3 is 24.6 Å². The van der Waals surface area contributed by atoms with Crippen molar-refractivity contribution in [2.24, 2.45) is 0 Å². The van der Waals surface area contributed by atoms with Crippen molar-refractivity contribution in [1.82, 2.24) is 14.7 Å². The van der Waals surface area contributed by atoms with Crippen molar-refractivity contribution in [1.29, 1.82) is 0 Å². The maximum atomic E-state index is 13.6. The Bertz CT molecular complexity index is 1060. The van der Waals surface area contributed by atoms with Crippen LogP contribution in [0.5, 0.6) is 0 Å². The number of ether oxygens (including phenoxy) is 1. The molecule has 3 saturated heterocycles. The van der Waals surface area contributed by atoms with Crippen LogP contribution in [0.25, 0.3) is 0 Å². The number of carbonyl (C=O) groups is 1. The lowest BCUT2D eigenvalue weighted by atomic mass is 9.84. The Morgan fingerprint density at radius 2 is 1.48 bits per heavy atom. The van der Waals surface area contributed by atoms with Crippen LogP contribution >= 0.6 is 0 Å². The Kier molecular flexibility index (Phi) is 9.46. The van der Waals surface area contributed by atoms with E-state index in [2.05, 4.69) is 9.64 Å². The summed E-state index contributed by atoms with van der Waals surface area (Å²) in [6.07, 6.45) is -20.2. The van der Waals surface area contributed by atoms with Crippen molar-refractivity contribution in [2.45, 2.75) is 62.4 Å². The number of anilines is 1. The van der Waals surface area contributed by atoms with Gasteiger partial charge in [-0.3, -0.25) is 9.80 Å². The first-order chi connectivity index (χ1) is 19.5. The highest BCUT2D eigenvalue weighted by Gasteiger charge is 2.60. The maximum absolute atomic E-state index is 13.6. The summed E-state index contributed by atoms with van der Waals surface area (Å²) in [5, 5.41) is 0. The number of carbonyl (C=O) groups excluding carboxylic acids is 1. The van der Waals surface area contributed by atoms with E-state index in [9.17, 15) is 48.7 Å². The number of amides is 1. The zero-order valence-electron chi connectivity index (χ0n) is 22.6. The zero-order chi connectivity index (χ0) is 30.9. The van der Waals surface area contributed by atoms with E-state index in [4.69, 9.17) is 0 Å². The molecule has 3 aliphatic heterocycles. The molecule has 1 aromatic rings. The summed E-state index contributed by atoms with van der Waals surface area (Å²) in [5.41, 5.74) is -0.267. The summed E-state index contributed by atoms with van der Waals surface area (Å²) in [6, 6.07) is 3.55. The first-order valence-electron chi connectivity index (χ1n) is 13.6. The van der Waals surface area contributed by atoms with Gasteiger partial charge in [0.05, 0.1) is 5.56 Å². The van der Waals surface area contributed by atoms with Gasteiger partial charge in [-0.15, -0.1) is 0 Å². The molecule has 0 aliphatic carbocycles. The highest BCUT2D eigenvalue weighted by atomic mass is 19.4. The number of piperazine rings is 1. The van der Waals surface area contributed by atoms with Crippen molar-refractivity contribution >= 4 is 11.8 Å². The third-order valence-corrected chi connectivity index (χ3v) is 8.39. The summed E-state index contributed by atoms with van der Waals surface area (Å²) in [7, 11) is 0. The average Bonchev–Trinajstić information content (AvgIpc) is 3.27. The number of halogens is 10. The molecule has 0 bridgehead atoms. The molecule has 42 heavy (non-hydrogen) atoms. The van der Waals surface area contributed by atoms with E-state index < -0.39 is 48.5 Å². The summed E-state index contributed by atoms with van der Waals surface area (Å²) < 4.78 is 134. The third-order valence-electron chi connectivity index (χ3n) is 8.39. The first kappa shape index (κ1) is 32.4. The molecule has 1 spiro atoms. The molecular formula is C26H32F10N4O2. The van der Waals surface area contributed by atoms with Crippen LogP contribution in [-0.2, 0) is 17.5 Å². The molecule has 1 aromatic carbocycles. The second kappa shape index (κ2) is 12.2. The molecule has 4 rings (SSSR count). The predicted octanol–water partition coefficient (Wildman–Crippen LogP) is 5.86. The lowest BCUT2D eigenvalue weighted by molar-refractivity contribution is -0.308. The number of rotatable bonds is 6. The van der Waals surface area contributed by atoms with E-state index in [0.717, 1.165) is 23.5 Å². The van der Waals surface area contributed by atoms with E-state index in [1.165, 1.54) is 6.07 Å². The minimum absolute atomic E-state index is 0.131. The van der Waals surface area contributed by atoms with Crippen LogP contribution in [0, 0.1) is 0 Å². The molecule has 16 heteroatoms. The van der Waals surface area contributed by atoms with Crippen LogP contribution < -0.4 is 4.90 Å². The molecule has 3 aliphatic rings. The van der Waals surface area contributed by atoms with E-state index in [1.54, 1.807) is 0 Å². The van der Waals surface area contributed by atoms with E-state index >= 15 is 0 Å². The Balaban J connectivity index is 1.47. The van der Waals surface area contributed by atoms with Crippen LogP contribution in [0.2, 0.25) is 0 Å². The van der Waals surface area contributed by atoms with Gasteiger partial charge in [0.2, 0.25) is 0 Å². The summed E-state index contributed by atoms with van der Waals surface area (Å²) in [5.74, 6) is 0. The zero-order valence-corrected chi connectivity index (χ0v) is 22.6. The quantitative estimate of drug-likeness (QED) is 0.372. The molecule has 0 atom stereocenters. The molecule has 3 fully saturated rings. The normalized spacial score (nSPS) is 21.0. The molecular weight excluding hydrogens is 590 g/mol. The Hall–Kier alpha value is -2.49. The molecule has 0 unspecified atom stereocenters. The topological polar surface area (TPSA) is 39.3 Å². The van der Waals surface area contributed by atoms with Crippen LogP contribution in [0.3, 0.4) is 0 Å². The average molecular weight is 623 g/mol. The highest BCUT2D eigenvalue weighted by molar-refractivity contribution is 5.68. The molecule has 1 amide bonds. The van der Waals surface area contributed by atoms with E-state index in [-0.39, 0.29) is 39.0 Å². The number of alkyl halides is 10. The number of likely N-dealkylation sites (tertiary alicyclic amines) is 2. The number of hydrogen-bond donors (Lipinski definition) is 0. The molecule has 0 N–H and O–H groups in total. The van der Waals surface area contributed by atoms with Crippen LogP contribution in [-0.4, -0.2) is 104 Å². The highest BCUT2D eigenvalue weighted by Crippen LogP contribution is 2.42. The van der Waals surface area contributed by atoms with E-state index in [0.29, 0.717) is 50.4 Å². The summed E-state index contributed by atoms with van der Waals surface area (Å²) in [6.45, 7) is 2.12. The van der Waals surface area contributed by atoms with Crippen molar-refractivity contribution in [2.75, 3.05) is 63.9 Å². The van der Waals surface area contributed by atoms with Gasteiger partial charge in [0.15, 0.2) is 0 Å². The van der Waals surface area contributed by atoms with Gasteiger partial charge in [-0.1, -0.05) is 6.07 Å². The third kappa shape index (κ3) is 7.34. The summed E-state index contributed by atoms with van der Waals surface area (Å²) in [4.78, 5) is 18.9. The van der Waals surface area contributed by atoms with Crippen molar-refractivity contribution in [3.63, 3.8) is 0 Å². The fraction of sp³-hybridized carbons (Fsp3) is 0.731. The lowest BCUT2D eigenvalue weighted by Crippen LogP contribution is -2.54. The number of benzene rings is 1. The Labute approximate surface area is 236 Å². The fourth-order valence-electron chi connectivity index (χ4n) is 6.11. The Morgan fingerprint density at radius 3 is 2.02 bits per heavy atom. The van der Waals surface area contributed by atoms with Gasteiger partial charge < -0.3 is 14.5 Å². The number of piperidine rings is 1. The van der Waals surface area contributed by atoms with Gasteiger partial charge in [-0.2, -0.15) is 39.5 Å². The second-order valence-electron chi connectivity index (χ2n) is 10.9. The van der Waals surface area contributed by atoms with Crippen LogP contribution in [0.4, 0.5) is 54.4 Å². The molecule has 0 radical (unpaired) electrons. The molecule has 6 nitrogen and oxygen atoms in total.